The first-order valence-corrected chi connectivity index (χ1v) is 11.5. The maximum Gasteiger partial charge on any atom is 0.408 e. The fraction of sp³-hybridized carbons (Fsp3) is 0.704. The molecule has 1 amide bonds. The van der Waals surface area contributed by atoms with Gasteiger partial charge in [0.1, 0.15) is 11.2 Å². The van der Waals surface area contributed by atoms with Gasteiger partial charge in [0.25, 0.3) is 0 Å². The summed E-state index contributed by atoms with van der Waals surface area (Å²) >= 11 is 0. The fourth-order valence-electron chi connectivity index (χ4n) is 4.33. The van der Waals surface area contributed by atoms with Gasteiger partial charge in [-0.1, -0.05) is 85.7 Å². The predicted octanol–water partition coefficient (Wildman–Crippen LogP) is 6.43. The van der Waals surface area contributed by atoms with E-state index in [9.17, 15) is 14.7 Å². The second kappa shape index (κ2) is 9.28. The monoisotopic (exact) mass is 463 g/mol. The lowest BCUT2D eigenvalue weighted by Crippen LogP contribution is -2.79. The lowest BCUT2D eigenvalue weighted by Gasteiger charge is -2.62. The number of carbonyl (C=O) groups excluding carboxylic acids is 1. The summed E-state index contributed by atoms with van der Waals surface area (Å²) in [5.41, 5.74) is -5.08. The molecule has 0 aliphatic rings. The minimum absolute atomic E-state index is 0.192. The van der Waals surface area contributed by atoms with Crippen LogP contribution in [0.5, 0.6) is 0 Å². The van der Waals surface area contributed by atoms with Crippen LogP contribution in [0.1, 0.15) is 88.6 Å². The van der Waals surface area contributed by atoms with Gasteiger partial charge in [-0.3, -0.25) is 0 Å². The van der Waals surface area contributed by atoms with Crippen molar-refractivity contribution in [3.63, 3.8) is 0 Å². The van der Waals surface area contributed by atoms with Gasteiger partial charge in [-0.05, 0) is 44.1 Å². The third-order valence-corrected chi connectivity index (χ3v) is 7.29. The van der Waals surface area contributed by atoms with E-state index in [4.69, 9.17) is 9.47 Å². The zero-order chi connectivity index (χ0) is 26.1. The number of aliphatic carboxylic acids is 1. The van der Waals surface area contributed by atoms with Gasteiger partial charge in [-0.2, -0.15) is 0 Å². The second-order valence-electron chi connectivity index (χ2n) is 12.6. The summed E-state index contributed by atoms with van der Waals surface area (Å²) in [5, 5.41) is 13.6. The highest BCUT2D eigenvalue weighted by molar-refractivity contribution is 5.87. The van der Waals surface area contributed by atoms with Crippen LogP contribution < -0.4 is 5.32 Å². The van der Waals surface area contributed by atoms with Gasteiger partial charge in [0, 0.05) is 5.41 Å². The SMILES string of the molecule is CC(C)(C)OC(=O)NC(C(=O)O)(C(C)(C)C)C(C)(OCc1ccccc1)C(C)(C)C(C)(C)C. The van der Waals surface area contributed by atoms with Crippen LogP contribution in [0.4, 0.5) is 4.79 Å². The highest BCUT2D eigenvalue weighted by Crippen LogP contribution is 2.57. The molecule has 2 atom stereocenters. The average molecular weight is 464 g/mol. The molecular formula is C27H45NO5. The summed E-state index contributed by atoms with van der Waals surface area (Å²) < 4.78 is 12.2. The summed E-state index contributed by atoms with van der Waals surface area (Å²) in [7, 11) is 0. The van der Waals surface area contributed by atoms with Gasteiger partial charge < -0.3 is 19.9 Å². The Kier molecular flexibility index (Phi) is 8.14. The molecule has 0 saturated heterocycles. The number of nitrogens with one attached hydrogen (secondary N) is 1. The van der Waals surface area contributed by atoms with Gasteiger partial charge in [0.2, 0.25) is 0 Å². The molecule has 0 heterocycles. The van der Waals surface area contributed by atoms with Crippen molar-refractivity contribution in [3.8, 4) is 0 Å². The molecule has 0 fully saturated rings. The first-order chi connectivity index (χ1) is 14.6. The van der Waals surface area contributed by atoms with Crippen LogP contribution in [-0.2, 0) is 20.9 Å². The summed E-state index contributed by atoms with van der Waals surface area (Å²) in [6, 6.07) is 9.62. The van der Waals surface area contributed by atoms with Crippen molar-refractivity contribution in [2.24, 2.45) is 16.2 Å². The Hall–Kier alpha value is -2.08. The molecule has 1 aromatic rings. The topological polar surface area (TPSA) is 84.9 Å². The maximum absolute atomic E-state index is 13.3. The minimum Gasteiger partial charge on any atom is -0.479 e. The van der Waals surface area contributed by atoms with Crippen molar-refractivity contribution in [1.29, 1.82) is 0 Å². The van der Waals surface area contributed by atoms with E-state index in [2.05, 4.69) is 26.1 Å². The number of benzene rings is 1. The fourth-order valence-corrected chi connectivity index (χ4v) is 4.33. The highest BCUT2D eigenvalue weighted by atomic mass is 16.6. The molecule has 2 unspecified atom stereocenters. The lowest BCUT2D eigenvalue weighted by atomic mass is 9.49. The van der Waals surface area contributed by atoms with E-state index >= 15 is 0 Å². The molecule has 2 N–H and O–H groups in total. The Morgan fingerprint density at radius 2 is 1.30 bits per heavy atom. The van der Waals surface area contributed by atoms with Crippen molar-refractivity contribution in [2.45, 2.75) is 106 Å². The van der Waals surface area contributed by atoms with Crippen LogP contribution in [0, 0.1) is 16.2 Å². The number of hydrogen-bond donors (Lipinski definition) is 2. The van der Waals surface area contributed by atoms with Gasteiger partial charge >= 0.3 is 12.1 Å². The van der Waals surface area contributed by atoms with Crippen molar-refractivity contribution >= 4 is 12.1 Å². The number of amides is 1. The van der Waals surface area contributed by atoms with Gasteiger partial charge in [0.05, 0.1) is 6.61 Å². The first kappa shape index (κ1) is 29.0. The number of carbonyl (C=O) groups is 2. The Balaban J connectivity index is 3.84. The van der Waals surface area contributed by atoms with Gasteiger partial charge in [-0.25, -0.2) is 9.59 Å². The molecule has 1 rings (SSSR count). The van der Waals surface area contributed by atoms with Gasteiger partial charge in [-0.15, -0.1) is 0 Å². The maximum atomic E-state index is 13.3. The average Bonchev–Trinajstić information content (AvgIpc) is 2.61. The minimum atomic E-state index is -1.83. The van der Waals surface area contributed by atoms with E-state index in [1.807, 2.05) is 44.2 Å². The first-order valence-electron chi connectivity index (χ1n) is 11.5. The number of rotatable bonds is 7. The van der Waals surface area contributed by atoms with Crippen LogP contribution in [0.15, 0.2) is 30.3 Å². The third-order valence-electron chi connectivity index (χ3n) is 7.29. The van der Waals surface area contributed by atoms with E-state index in [0.29, 0.717) is 0 Å². The van der Waals surface area contributed by atoms with Crippen LogP contribution in [-0.4, -0.2) is 33.9 Å². The van der Waals surface area contributed by atoms with E-state index < -0.39 is 39.6 Å². The molecule has 0 aromatic heterocycles. The van der Waals surface area contributed by atoms with Crippen molar-refractivity contribution in [3.05, 3.63) is 35.9 Å². The molecule has 0 aliphatic heterocycles. The molecule has 33 heavy (non-hydrogen) atoms. The molecule has 188 valence electrons. The predicted molar refractivity (Wildman–Crippen MR) is 132 cm³/mol. The summed E-state index contributed by atoms with van der Waals surface area (Å²) in [4.78, 5) is 26.3. The Labute approximate surface area is 200 Å². The van der Waals surface area contributed by atoms with Gasteiger partial charge in [0.15, 0.2) is 5.54 Å². The quantitative estimate of drug-likeness (QED) is 0.487. The number of ether oxygens (including phenoxy) is 2. The van der Waals surface area contributed by atoms with Crippen molar-refractivity contribution < 1.29 is 24.2 Å². The zero-order valence-corrected chi connectivity index (χ0v) is 22.7. The lowest BCUT2D eigenvalue weighted by molar-refractivity contribution is -0.231. The number of carboxylic acids is 1. The number of carboxylic acid groups (broad SMARTS) is 1. The van der Waals surface area contributed by atoms with E-state index in [-0.39, 0.29) is 12.0 Å². The molecule has 0 spiro atoms. The molecule has 1 aromatic carbocycles. The molecule has 0 aliphatic carbocycles. The summed E-state index contributed by atoms with van der Waals surface area (Å²) in [5.74, 6) is -1.17. The Morgan fingerprint density at radius 1 is 0.818 bits per heavy atom. The Bertz CT molecular complexity index is 827. The molecule has 0 radical (unpaired) electrons. The van der Waals surface area contributed by atoms with E-state index in [0.717, 1.165) is 5.56 Å². The molecule has 0 saturated carbocycles. The summed E-state index contributed by atoms with van der Waals surface area (Å²) in [6.45, 7) is 22.8. The van der Waals surface area contributed by atoms with Crippen molar-refractivity contribution in [2.75, 3.05) is 0 Å². The largest absolute Gasteiger partial charge is 0.479 e. The van der Waals surface area contributed by atoms with E-state index in [1.54, 1.807) is 48.5 Å². The highest BCUT2D eigenvalue weighted by Gasteiger charge is 2.70. The molecule has 6 nitrogen and oxygen atoms in total. The third kappa shape index (κ3) is 5.71. The van der Waals surface area contributed by atoms with Crippen LogP contribution >= 0.6 is 0 Å². The molecule has 0 bridgehead atoms. The summed E-state index contributed by atoms with van der Waals surface area (Å²) in [6.07, 6.45) is -0.793. The van der Waals surface area contributed by atoms with E-state index in [1.165, 1.54) is 0 Å². The Morgan fingerprint density at radius 3 is 1.67 bits per heavy atom. The smallest absolute Gasteiger partial charge is 0.408 e. The number of alkyl carbamates (subject to hydrolysis) is 1. The van der Waals surface area contributed by atoms with Crippen LogP contribution in [0.2, 0.25) is 0 Å². The molecule has 6 heteroatoms. The van der Waals surface area contributed by atoms with Crippen molar-refractivity contribution in [1.82, 2.24) is 5.32 Å². The zero-order valence-electron chi connectivity index (χ0n) is 22.7. The van der Waals surface area contributed by atoms with Crippen LogP contribution in [0.3, 0.4) is 0 Å². The number of hydrogen-bond acceptors (Lipinski definition) is 4. The standard InChI is InChI=1S/C27H45NO5/c1-22(2,3)25(10,11)26(12,32-18-19-16-14-13-15-17-19)27(20(29)30,23(4,5)6)28-21(31)33-24(7,8)9/h13-17H,18H2,1-12H3,(H,28,31)(H,29,30). The molecular weight excluding hydrogens is 418 g/mol. The normalized spacial score (nSPS) is 17.0. The van der Waals surface area contributed by atoms with Crippen LogP contribution in [0.25, 0.3) is 0 Å². The second-order valence-corrected chi connectivity index (χ2v) is 12.6.